The Labute approximate surface area is 95.2 Å². The van der Waals surface area contributed by atoms with Gasteiger partial charge in [0, 0.05) is 12.0 Å². The molecule has 1 saturated carbocycles. The van der Waals surface area contributed by atoms with Crippen molar-refractivity contribution >= 4 is 15.9 Å². The smallest absolute Gasteiger partial charge is 0.143 e. The largest absolute Gasteiger partial charge is 0.390 e. The molecule has 1 fully saturated rings. The third-order valence-electron chi connectivity index (χ3n) is 2.93. The minimum atomic E-state index is -0.900. The molecule has 1 nitrogen and oxygen atoms in total. The van der Waals surface area contributed by atoms with Crippen molar-refractivity contribution in [2.24, 2.45) is 0 Å². The van der Waals surface area contributed by atoms with Gasteiger partial charge in [-0.15, -0.1) is 0 Å². The summed E-state index contributed by atoms with van der Waals surface area (Å²) in [4.78, 5) is 0. The Morgan fingerprint density at radius 1 is 1.33 bits per heavy atom. The average Bonchev–Trinajstić information content (AvgIpc) is 2.16. The number of halogens is 3. The summed E-state index contributed by atoms with van der Waals surface area (Å²) in [7, 11) is 0. The Bertz CT molecular complexity index is 388. The van der Waals surface area contributed by atoms with Crippen LogP contribution in [-0.4, -0.2) is 10.7 Å². The molecule has 0 aromatic heterocycles. The van der Waals surface area contributed by atoms with E-state index in [9.17, 15) is 13.9 Å². The molecule has 1 aromatic rings. The summed E-state index contributed by atoms with van der Waals surface area (Å²) in [6.07, 6.45) is 2.23. The van der Waals surface area contributed by atoms with E-state index in [-0.39, 0.29) is 16.5 Å². The number of benzene rings is 1. The summed E-state index contributed by atoms with van der Waals surface area (Å²) < 4.78 is 27.1. The normalized spacial score (nSPS) is 18.7. The first-order chi connectivity index (χ1) is 7.02. The first kappa shape index (κ1) is 11.0. The molecular formula is C11H11BrF2O. The van der Waals surface area contributed by atoms with Crippen LogP contribution >= 0.6 is 15.9 Å². The maximum atomic E-state index is 13.6. The van der Waals surface area contributed by atoms with E-state index in [0.29, 0.717) is 12.8 Å². The molecule has 1 N–H and O–H groups in total. The maximum Gasteiger partial charge on any atom is 0.143 e. The fourth-order valence-electron chi connectivity index (χ4n) is 1.82. The van der Waals surface area contributed by atoms with Crippen molar-refractivity contribution in [3.63, 3.8) is 0 Å². The Morgan fingerprint density at radius 3 is 2.53 bits per heavy atom. The maximum absolute atomic E-state index is 13.6. The molecule has 4 heteroatoms. The lowest BCUT2D eigenvalue weighted by molar-refractivity contribution is -0.0335. The molecule has 1 aromatic carbocycles. The van der Waals surface area contributed by atoms with Crippen LogP contribution in [0.15, 0.2) is 16.6 Å². The van der Waals surface area contributed by atoms with Gasteiger partial charge in [-0.1, -0.05) is 0 Å². The Morgan fingerprint density at radius 2 is 2.00 bits per heavy atom. The Kier molecular flexibility index (Phi) is 2.81. The van der Waals surface area contributed by atoms with Crippen molar-refractivity contribution in [3.8, 4) is 0 Å². The summed E-state index contributed by atoms with van der Waals surface area (Å²) in [6, 6.07) is 2.55. The SMILES string of the molecule is OC1(Cc2c(F)ccc(Br)c2F)CCC1. The van der Waals surface area contributed by atoms with Crippen LogP contribution in [0.25, 0.3) is 0 Å². The third-order valence-corrected chi connectivity index (χ3v) is 3.54. The molecule has 2 rings (SSSR count). The van der Waals surface area contributed by atoms with Gasteiger partial charge in [0.25, 0.3) is 0 Å². The van der Waals surface area contributed by atoms with Crippen molar-refractivity contribution in [2.45, 2.75) is 31.3 Å². The summed E-state index contributed by atoms with van der Waals surface area (Å²) in [6.45, 7) is 0. The van der Waals surface area contributed by atoms with Gasteiger partial charge < -0.3 is 5.11 Å². The van der Waals surface area contributed by atoms with Crippen LogP contribution in [0.3, 0.4) is 0 Å². The van der Waals surface area contributed by atoms with Gasteiger partial charge in [0.05, 0.1) is 10.1 Å². The second-order valence-electron chi connectivity index (χ2n) is 4.08. The van der Waals surface area contributed by atoms with E-state index in [4.69, 9.17) is 0 Å². The van der Waals surface area contributed by atoms with Crippen LogP contribution in [0, 0.1) is 11.6 Å². The molecule has 0 saturated heterocycles. The summed E-state index contributed by atoms with van der Waals surface area (Å²) in [5, 5.41) is 9.85. The lowest BCUT2D eigenvalue weighted by atomic mass is 9.76. The van der Waals surface area contributed by atoms with E-state index < -0.39 is 17.2 Å². The fraction of sp³-hybridized carbons (Fsp3) is 0.455. The lowest BCUT2D eigenvalue weighted by Gasteiger charge is -2.36. The zero-order valence-electron chi connectivity index (χ0n) is 8.06. The molecule has 0 bridgehead atoms. The fourth-order valence-corrected chi connectivity index (χ4v) is 2.19. The molecule has 0 aliphatic heterocycles. The number of hydrogen-bond acceptors (Lipinski definition) is 1. The minimum absolute atomic E-state index is 0.0217. The lowest BCUT2D eigenvalue weighted by Crippen LogP contribution is -2.39. The second kappa shape index (κ2) is 3.83. The van der Waals surface area contributed by atoms with E-state index in [1.807, 2.05) is 0 Å². The number of rotatable bonds is 2. The highest BCUT2D eigenvalue weighted by Gasteiger charge is 2.36. The molecule has 1 aliphatic carbocycles. The Balaban J connectivity index is 2.30. The molecule has 0 unspecified atom stereocenters. The van der Waals surface area contributed by atoms with Gasteiger partial charge >= 0.3 is 0 Å². The predicted octanol–water partition coefficient (Wildman–Crippen LogP) is 3.18. The molecular weight excluding hydrogens is 266 g/mol. The van der Waals surface area contributed by atoms with Crippen LogP contribution in [-0.2, 0) is 6.42 Å². The number of hydrogen-bond donors (Lipinski definition) is 1. The van der Waals surface area contributed by atoms with Crippen molar-refractivity contribution < 1.29 is 13.9 Å². The van der Waals surface area contributed by atoms with Gasteiger partial charge in [0.1, 0.15) is 11.6 Å². The summed E-state index contributed by atoms with van der Waals surface area (Å²) >= 11 is 3.00. The van der Waals surface area contributed by atoms with Crippen LogP contribution < -0.4 is 0 Å². The molecule has 82 valence electrons. The molecule has 0 spiro atoms. The van der Waals surface area contributed by atoms with E-state index in [1.165, 1.54) is 12.1 Å². The van der Waals surface area contributed by atoms with Crippen molar-refractivity contribution in [3.05, 3.63) is 33.8 Å². The topological polar surface area (TPSA) is 20.2 Å². The highest BCUT2D eigenvalue weighted by atomic mass is 79.9. The zero-order chi connectivity index (χ0) is 11.1. The van der Waals surface area contributed by atoms with E-state index in [2.05, 4.69) is 15.9 Å². The van der Waals surface area contributed by atoms with Crippen LogP contribution in [0.2, 0.25) is 0 Å². The van der Waals surface area contributed by atoms with Crippen LogP contribution in [0.1, 0.15) is 24.8 Å². The van der Waals surface area contributed by atoms with Crippen LogP contribution in [0.5, 0.6) is 0 Å². The molecule has 15 heavy (non-hydrogen) atoms. The first-order valence-electron chi connectivity index (χ1n) is 4.87. The van der Waals surface area contributed by atoms with Gasteiger partial charge in [-0.2, -0.15) is 0 Å². The average molecular weight is 277 g/mol. The van der Waals surface area contributed by atoms with Crippen molar-refractivity contribution in [2.75, 3.05) is 0 Å². The summed E-state index contributed by atoms with van der Waals surface area (Å²) in [5.41, 5.74) is -0.922. The molecule has 0 amide bonds. The van der Waals surface area contributed by atoms with E-state index >= 15 is 0 Å². The van der Waals surface area contributed by atoms with Crippen molar-refractivity contribution in [1.82, 2.24) is 0 Å². The quantitative estimate of drug-likeness (QED) is 0.823. The molecule has 0 heterocycles. The predicted molar refractivity (Wildman–Crippen MR) is 56.6 cm³/mol. The van der Waals surface area contributed by atoms with Gasteiger partial charge in [-0.3, -0.25) is 0 Å². The van der Waals surface area contributed by atoms with E-state index in [1.54, 1.807) is 0 Å². The highest BCUT2D eigenvalue weighted by molar-refractivity contribution is 9.10. The minimum Gasteiger partial charge on any atom is -0.390 e. The van der Waals surface area contributed by atoms with E-state index in [0.717, 1.165) is 6.42 Å². The third kappa shape index (κ3) is 2.06. The zero-order valence-corrected chi connectivity index (χ0v) is 9.65. The second-order valence-corrected chi connectivity index (χ2v) is 4.93. The molecule has 1 aliphatic rings. The standard InChI is InChI=1S/C11H11BrF2O/c12-8-2-3-9(13)7(10(8)14)6-11(15)4-1-5-11/h2-3,15H,1,4-6H2. The number of aliphatic hydroxyl groups is 1. The molecule has 0 radical (unpaired) electrons. The van der Waals surface area contributed by atoms with Gasteiger partial charge in [-0.25, -0.2) is 8.78 Å². The van der Waals surface area contributed by atoms with Gasteiger partial charge in [0.15, 0.2) is 0 Å². The molecule has 0 atom stereocenters. The first-order valence-corrected chi connectivity index (χ1v) is 5.66. The monoisotopic (exact) mass is 276 g/mol. The summed E-state index contributed by atoms with van der Waals surface area (Å²) in [5.74, 6) is -1.19. The highest BCUT2D eigenvalue weighted by Crippen LogP contribution is 2.36. The Hall–Kier alpha value is -0.480. The van der Waals surface area contributed by atoms with Gasteiger partial charge in [-0.05, 0) is 47.3 Å². The van der Waals surface area contributed by atoms with Gasteiger partial charge in [0.2, 0.25) is 0 Å². The van der Waals surface area contributed by atoms with Crippen LogP contribution in [0.4, 0.5) is 8.78 Å². The van der Waals surface area contributed by atoms with Crippen molar-refractivity contribution in [1.29, 1.82) is 0 Å².